The Balaban J connectivity index is 1.50. The Morgan fingerprint density at radius 2 is 1.85 bits per heavy atom. The molecule has 0 spiro atoms. The van der Waals surface area contributed by atoms with Crippen molar-refractivity contribution in [2.75, 3.05) is 32.8 Å². The van der Waals surface area contributed by atoms with Crippen molar-refractivity contribution in [2.45, 2.75) is 45.1 Å². The first-order valence-electron chi connectivity index (χ1n) is 9.74. The van der Waals surface area contributed by atoms with Gasteiger partial charge in [-0.15, -0.1) is 0 Å². The molecule has 0 bridgehead atoms. The monoisotopic (exact) mass is 359 g/mol. The average molecular weight is 359 g/mol. The van der Waals surface area contributed by atoms with E-state index < -0.39 is 0 Å². The molecule has 142 valence electrons. The van der Waals surface area contributed by atoms with Gasteiger partial charge < -0.3 is 19.9 Å². The maximum absolute atomic E-state index is 12.6. The molecule has 2 aliphatic heterocycles. The van der Waals surface area contributed by atoms with Gasteiger partial charge >= 0.3 is 6.03 Å². The number of hydrogen-bond acceptors (Lipinski definition) is 3. The van der Waals surface area contributed by atoms with E-state index in [9.17, 15) is 9.59 Å². The fourth-order valence-corrected chi connectivity index (χ4v) is 3.81. The number of benzene rings is 1. The number of ether oxygens (including phenoxy) is 1. The molecule has 0 saturated carbocycles. The quantitative estimate of drug-likeness (QED) is 0.849. The van der Waals surface area contributed by atoms with E-state index in [0.29, 0.717) is 19.6 Å². The number of carbonyl (C=O) groups is 2. The highest BCUT2D eigenvalue weighted by Crippen LogP contribution is 2.32. The van der Waals surface area contributed by atoms with E-state index in [1.165, 1.54) is 0 Å². The number of hydrogen-bond donors (Lipinski definition) is 1. The van der Waals surface area contributed by atoms with E-state index in [1.807, 2.05) is 41.0 Å². The van der Waals surface area contributed by atoms with Crippen LogP contribution >= 0.6 is 0 Å². The summed E-state index contributed by atoms with van der Waals surface area (Å²) in [6.07, 6.45) is 4.53. The molecule has 0 radical (unpaired) electrons. The molecule has 6 nitrogen and oxygen atoms in total. The van der Waals surface area contributed by atoms with Crippen LogP contribution in [0.1, 0.15) is 50.6 Å². The zero-order chi connectivity index (χ0) is 18.4. The molecule has 2 fully saturated rings. The van der Waals surface area contributed by atoms with Crippen molar-refractivity contribution in [1.82, 2.24) is 15.1 Å². The third-order valence-electron chi connectivity index (χ3n) is 5.16. The lowest BCUT2D eigenvalue weighted by molar-refractivity contribution is -0.129. The lowest BCUT2D eigenvalue weighted by Gasteiger charge is -2.25. The average Bonchev–Trinajstić information content (AvgIpc) is 3.34. The minimum absolute atomic E-state index is 0.0735. The molecule has 1 N–H and O–H groups in total. The Morgan fingerprint density at radius 3 is 2.54 bits per heavy atom. The van der Waals surface area contributed by atoms with Gasteiger partial charge in [0.1, 0.15) is 5.75 Å². The lowest BCUT2D eigenvalue weighted by atomic mass is 10.0. The standard InChI is InChI=1S/C20H29N3O3/c1-2-26-17-9-7-16(8-10-17)18-6-5-15-23(18)20(25)21-12-11-19(24)22-13-3-4-14-22/h7-10,18H,2-6,11-15H2,1H3,(H,21,25). The molecule has 1 atom stereocenters. The molecule has 0 aliphatic carbocycles. The maximum Gasteiger partial charge on any atom is 0.317 e. The molecule has 1 aromatic rings. The molecular formula is C20H29N3O3. The van der Waals surface area contributed by atoms with Crippen molar-refractivity contribution in [3.05, 3.63) is 29.8 Å². The predicted molar refractivity (Wildman–Crippen MR) is 100 cm³/mol. The molecule has 0 aromatic heterocycles. The van der Waals surface area contributed by atoms with Crippen molar-refractivity contribution in [1.29, 1.82) is 0 Å². The summed E-state index contributed by atoms with van der Waals surface area (Å²) >= 11 is 0. The van der Waals surface area contributed by atoms with E-state index in [4.69, 9.17) is 4.74 Å². The zero-order valence-electron chi connectivity index (χ0n) is 15.6. The second-order valence-electron chi connectivity index (χ2n) is 6.92. The first-order chi connectivity index (χ1) is 12.7. The molecule has 2 aliphatic rings. The third kappa shape index (κ3) is 4.48. The van der Waals surface area contributed by atoms with Crippen LogP contribution < -0.4 is 10.1 Å². The molecular weight excluding hydrogens is 330 g/mol. The third-order valence-corrected chi connectivity index (χ3v) is 5.16. The fraction of sp³-hybridized carbons (Fsp3) is 0.600. The van der Waals surface area contributed by atoms with Gasteiger partial charge in [0, 0.05) is 32.6 Å². The van der Waals surface area contributed by atoms with E-state index in [1.54, 1.807) is 0 Å². The predicted octanol–water partition coefficient (Wildman–Crippen LogP) is 2.94. The lowest BCUT2D eigenvalue weighted by Crippen LogP contribution is -2.41. The molecule has 26 heavy (non-hydrogen) atoms. The normalized spacial score (nSPS) is 19.7. The van der Waals surface area contributed by atoms with Crippen LogP contribution in [0.3, 0.4) is 0 Å². The minimum Gasteiger partial charge on any atom is -0.494 e. The van der Waals surface area contributed by atoms with Crippen LogP contribution in [-0.4, -0.2) is 54.5 Å². The molecule has 2 heterocycles. The van der Waals surface area contributed by atoms with Gasteiger partial charge in [-0.3, -0.25) is 4.79 Å². The molecule has 3 amide bonds. The summed E-state index contributed by atoms with van der Waals surface area (Å²) in [6, 6.07) is 8.02. The van der Waals surface area contributed by atoms with Crippen LogP contribution in [0.25, 0.3) is 0 Å². The maximum atomic E-state index is 12.6. The first-order valence-corrected chi connectivity index (χ1v) is 9.74. The van der Waals surface area contributed by atoms with Crippen molar-refractivity contribution in [3.63, 3.8) is 0 Å². The number of likely N-dealkylation sites (tertiary alicyclic amines) is 2. The van der Waals surface area contributed by atoms with Gasteiger partial charge in [0.25, 0.3) is 0 Å². The summed E-state index contributed by atoms with van der Waals surface area (Å²) in [6.45, 7) is 5.49. The molecule has 1 unspecified atom stereocenters. The summed E-state index contributed by atoms with van der Waals surface area (Å²) in [5.74, 6) is 0.998. The topological polar surface area (TPSA) is 61.9 Å². The van der Waals surface area contributed by atoms with Crippen LogP contribution in [0.2, 0.25) is 0 Å². The highest BCUT2D eigenvalue weighted by molar-refractivity contribution is 5.79. The largest absolute Gasteiger partial charge is 0.494 e. The highest BCUT2D eigenvalue weighted by atomic mass is 16.5. The summed E-state index contributed by atoms with van der Waals surface area (Å²) in [7, 11) is 0. The van der Waals surface area contributed by atoms with Gasteiger partial charge in [-0.05, 0) is 50.3 Å². The number of carbonyl (C=O) groups excluding carboxylic acids is 2. The Bertz CT molecular complexity index is 611. The van der Waals surface area contributed by atoms with Crippen molar-refractivity contribution in [2.24, 2.45) is 0 Å². The summed E-state index contributed by atoms with van der Waals surface area (Å²) in [4.78, 5) is 28.4. The fourth-order valence-electron chi connectivity index (χ4n) is 3.81. The first kappa shape index (κ1) is 18.5. The summed E-state index contributed by atoms with van der Waals surface area (Å²) < 4.78 is 5.49. The van der Waals surface area contributed by atoms with Crippen LogP contribution in [-0.2, 0) is 4.79 Å². The van der Waals surface area contributed by atoms with E-state index in [-0.39, 0.29) is 18.0 Å². The molecule has 1 aromatic carbocycles. The van der Waals surface area contributed by atoms with E-state index in [0.717, 1.165) is 56.6 Å². The number of rotatable bonds is 6. The molecule has 2 saturated heterocycles. The van der Waals surface area contributed by atoms with Gasteiger partial charge in [0.15, 0.2) is 0 Å². The summed E-state index contributed by atoms with van der Waals surface area (Å²) in [5.41, 5.74) is 1.13. The van der Waals surface area contributed by atoms with Crippen molar-refractivity contribution >= 4 is 11.9 Å². The number of urea groups is 1. The number of nitrogens with one attached hydrogen (secondary N) is 1. The second-order valence-corrected chi connectivity index (χ2v) is 6.92. The van der Waals surface area contributed by atoms with Crippen LogP contribution in [0.4, 0.5) is 4.79 Å². The molecule has 6 heteroatoms. The Hall–Kier alpha value is -2.24. The van der Waals surface area contributed by atoms with Gasteiger partial charge in [-0.25, -0.2) is 4.79 Å². The highest BCUT2D eigenvalue weighted by Gasteiger charge is 2.30. The Morgan fingerprint density at radius 1 is 1.12 bits per heavy atom. The van der Waals surface area contributed by atoms with Gasteiger partial charge in [-0.1, -0.05) is 12.1 Å². The van der Waals surface area contributed by atoms with Gasteiger partial charge in [-0.2, -0.15) is 0 Å². The SMILES string of the molecule is CCOc1ccc(C2CCCN2C(=O)NCCC(=O)N2CCCC2)cc1. The van der Waals surface area contributed by atoms with Gasteiger partial charge in [0.05, 0.1) is 12.6 Å². The Labute approximate surface area is 155 Å². The number of amides is 3. The zero-order valence-corrected chi connectivity index (χ0v) is 15.6. The van der Waals surface area contributed by atoms with Crippen LogP contribution in [0.5, 0.6) is 5.75 Å². The second kappa shape index (κ2) is 8.92. The molecule has 3 rings (SSSR count). The number of nitrogens with zero attached hydrogens (tertiary/aromatic N) is 2. The minimum atomic E-state index is -0.0735. The Kier molecular flexibility index (Phi) is 6.36. The van der Waals surface area contributed by atoms with E-state index >= 15 is 0 Å². The van der Waals surface area contributed by atoms with Crippen molar-refractivity contribution in [3.8, 4) is 5.75 Å². The summed E-state index contributed by atoms with van der Waals surface area (Å²) in [5, 5.41) is 2.93. The van der Waals surface area contributed by atoms with Gasteiger partial charge in [0.2, 0.25) is 5.91 Å². The van der Waals surface area contributed by atoms with E-state index in [2.05, 4.69) is 5.32 Å². The van der Waals surface area contributed by atoms with Crippen molar-refractivity contribution < 1.29 is 14.3 Å². The smallest absolute Gasteiger partial charge is 0.317 e. The van der Waals surface area contributed by atoms with Crippen LogP contribution in [0.15, 0.2) is 24.3 Å². The van der Waals surface area contributed by atoms with Crippen LogP contribution in [0, 0.1) is 0 Å².